The highest BCUT2D eigenvalue weighted by Crippen LogP contribution is 2.18. The Morgan fingerprint density at radius 2 is 1.75 bits per heavy atom. The Bertz CT molecular complexity index is 1080. The molecule has 0 atom stereocenters. The number of rotatable bonds is 8. The lowest BCUT2D eigenvalue weighted by atomic mass is 10.1. The monoisotopic (exact) mass is 443 g/mol. The lowest BCUT2D eigenvalue weighted by Crippen LogP contribution is -2.26. The second kappa shape index (κ2) is 10.0. The van der Waals surface area contributed by atoms with E-state index in [0.29, 0.717) is 29.1 Å². The van der Waals surface area contributed by atoms with Crippen molar-refractivity contribution in [2.75, 3.05) is 13.7 Å². The first kappa shape index (κ1) is 22.9. The lowest BCUT2D eigenvalue weighted by molar-refractivity contribution is -0.0498. The number of hydrogen-bond acceptors (Lipinski definition) is 5. The fourth-order valence-electron chi connectivity index (χ4n) is 3.17. The first-order valence-corrected chi connectivity index (χ1v) is 9.91. The number of benzene rings is 2. The topological polar surface area (TPSA) is 73.7 Å². The van der Waals surface area contributed by atoms with Gasteiger partial charge in [0.15, 0.2) is 0 Å². The van der Waals surface area contributed by atoms with Crippen LogP contribution in [0.1, 0.15) is 38.9 Å². The molecular formula is C23H23F2N3O4. The molecule has 0 unspecified atom stereocenters. The number of halogens is 2. The summed E-state index contributed by atoms with van der Waals surface area (Å²) in [6, 6.07) is 13.0. The van der Waals surface area contributed by atoms with Crippen LogP contribution in [0.4, 0.5) is 8.78 Å². The molecule has 3 aromatic rings. The van der Waals surface area contributed by atoms with Crippen LogP contribution in [0.25, 0.3) is 5.69 Å². The molecule has 0 aliphatic heterocycles. The summed E-state index contributed by atoms with van der Waals surface area (Å²) in [6.07, 6.45) is 1.46. The van der Waals surface area contributed by atoms with Crippen molar-refractivity contribution in [3.8, 4) is 11.4 Å². The summed E-state index contributed by atoms with van der Waals surface area (Å²) < 4.78 is 35.5. The molecule has 3 rings (SSSR count). The van der Waals surface area contributed by atoms with E-state index in [4.69, 9.17) is 4.74 Å². The molecule has 168 valence electrons. The van der Waals surface area contributed by atoms with Gasteiger partial charge in [0.1, 0.15) is 11.3 Å². The van der Waals surface area contributed by atoms with E-state index in [9.17, 15) is 18.4 Å². The van der Waals surface area contributed by atoms with Gasteiger partial charge < -0.3 is 14.4 Å². The van der Waals surface area contributed by atoms with E-state index in [1.54, 1.807) is 62.0 Å². The smallest absolute Gasteiger partial charge is 0.387 e. The van der Waals surface area contributed by atoms with Crippen molar-refractivity contribution in [1.29, 1.82) is 0 Å². The zero-order valence-corrected chi connectivity index (χ0v) is 17.9. The molecule has 32 heavy (non-hydrogen) atoms. The quantitative estimate of drug-likeness (QED) is 0.487. The van der Waals surface area contributed by atoms with Crippen LogP contribution in [0.2, 0.25) is 0 Å². The molecule has 0 radical (unpaired) electrons. The van der Waals surface area contributed by atoms with Gasteiger partial charge in [-0.25, -0.2) is 9.48 Å². The van der Waals surface area contributed by atoms with Crippen molar-refractivity contribution < 1.29 is 27.8 Å². The maximum Gasteiger partial charge on any atom is 0.387 e. The molecule has 1 aromatic heterocycles. The highest BCUT2D eigenvalue weighted by atomic mass is 19.3. The molecule has 7 nitrogen and oxygen atoms in total. The predicted molar refractivity (Wildman–Crippen MR) is 113 cm³/mol. The average Bonchev–Trinajstić information content (AvgIpc) is 3.16. The Hall–Kier alpha value is -3.75. The van der Waals surface area contributed by atoms with Crippen molar-refractivity contribution in [2.24, 2.45) is 0 Å². The molecule has 2 aromatic carbocycles. The van der Waals surface area contributed by atoms with Gasteiger partial charge in [-0.15, -0.1) is 0 Å². The van der Waals surface area contributed by atoms with E-state index in [1.165, 1.54) is 23.2 Å². The summed E-state index contributed by atoms with van der Waals surface area (Å²) in [5.41, 5.74) is 2.98. The van der Waals surface area contributed by atoms with Crippen molar-refractivity contribution in [1.82, 2.24) is 14.7 Å². The number of carbonyl (C=O) groups excluding carboxylic acids is 2. The van der Waals surface area contributed by atoms with E-state index in [0.717, 1.165) is 5.56 Å². The Morgan fingerprint density at radius 1 is 1.09 bits per heavy atom. The Kier molecular flexibility index (Phi) is 7.19. The zero-order valence-electron chi connectivity index (χ0n) is 17.9. The minimum absolute atomic E-state index is 0.0633. The second-order valence-electron chi connectivity index (χ2n) is 7.01. The SMILES string of the molecule is CCOC(=O)c1cnn(-c2ccc(C(=O)N(C)Cc3ccc(OC(F)F)cc3)cc2)c1C. The Labute approximate surface area is 184 Å². The third kappa shape index (κ3) is 5.29. The zero-order chi connectivity index (χ0) is 23.3. The van der Waals surface area contributed by atoms with Gasteiger partial charge in [-0.2, -0.15) is 13.9 Å². The number of nitrogens with zero attached hydrogens (tertiary/aromatic N) is 3. The van der Waals surface area contributed by atoms with E-state index in [2.05, 4.69) is 9.84 Å². The summed E-state index contributed by atoms with van der Waals surface area (Å²) in [5, 5.41) is 4.24. The number of alkyl halides is 2. The van der Waals surface area contributed by atoms with Crippen LogP contribution in [0.5, 0.6) is 5.75 Å². The summed E-state index contributed by atoms with van der Waals surface area (Å²) in [5.74, 6) is -0.569. The Morgan fingerprint density at radius 3 is 2.34 bits per heavy atom. The molecule has 0 fully saturated rings. The molecule has 0 aliphatic rings. The predicted octanol–water partition coefficient (Wildman–Crippen LogP) is 4.23. The van der Waals surface area contributed by atoms with Gasteiger partial charge in [0, 0.05) is 19.2 Å². The highest BCUT2D eigenvalue weighted by molar-refractivity contribution is 5.94. The standard InChI is InChI=1S/C23H23F2N3O4/c1-4-31-22(30)20-13-26-28(15(20)2)18-9-7-17(8-10-18)21(29)27(3)14-16-5-11-19(12-6-16)32-23(24)25/h5-13,23H,4,14H2,1-3H3. The molecule has 9 heteroatoms. The number of ether oxygens (including phenoxy) is 2. The maximum absolute atomic E-state index is 12.8. The van der Waals surface area contributed by atoms with Crippen molar-refractivity contribution in [2.45, 2.75) is 27.0 Å². The summed E-state index contributed by atoms with van der Waals surface area (Å²) in [6.45, 7) is 1.21. The van der Waals surface area contributed by atoms with E-state index < -0.39 is 12.6 Å². The third-order valence-electron chi connectivity index (χ3n) is 4.78. The fraction of sp³-hybridized carbons (Fsp3) is 0.261. The van der Waals surface area contributed by atoms with Crippen molar-refractivity contribution in [3.63, 3.8) is 0 Å². The van der Waals surface area contributed by atoms with E-state index in [-0.39, 0.29) is 18.3 Å². The van der Waals surface area contributed by atoms with Crippen molar-refractivity contribution in [3.05, 3.63) is 77.1 Å². The molecule has 0 aliphatic carbocycles. The van der Waals surface area contributed by atoms with Gasteiger partial charge in [0.25, 0.3) is 5.91 Å². The van der Waals surface area contributed by atoms with Gasteiger partial charge in [-0.05, 0) is 55.8 Å². The van der Waals surface area contributed by atoms with Gasteiger partial charge in [-0.3, -0.25) is 4.79 Å². The first-order valence-electron chi connectivity index (χ1n) is 9.91. The van der Waals surface area contributed by atoms with Crippen LogP contribution in [-0.2, 0) is 11.3 Å². The van der Waals surface area contributed by atoms with Gasteiger partial charge in [-0.1, -0.05) is 12.1 Å². The number of aromatic nitrogens is 2. The van der Waals surface area contributed by atoms with E-state index in [1.807, 2.05) is 0 Å². The van der Waals surface area contributed by atoms with Crippen LogP contribution in [0.3, 0.4) is 0 Å². The molecule has 0 saturated carbocycles. The van der Waals surface area contributed by atoms with Crippen LogP contribution in [-0.4, -0.2) is 46.8 Å². The van der Waals surface area contributed by atoms with Crippen LogP contribution >= 0.6 is 0 Å². The fourth-order valence-corrected chi connectivity index (χ4v) is 3.17. The highest BCUT2D eigenvalue weighted by Gasteiger charge is 2.17. The number of carbonyl (C=O) groups is 2. The molecule has 0 bridgehead atoms. The summed E-state index contributed by atoms with van der Waals surface area (Å²) >= 11 is 0. The van der Waals surface area contributed by atoms with Crippen LogP contribution < -0.4 is 4.74 Å². The first-order chi connectivity index (χ1) is 15.3. The third-order valence-corrected chi connectivity index (χ3v) is 4.78. The van der Waals surface area contributed by atoms with Gasteiger partial charge in [0.05, 0.1) is 24.2 Å². The minimum atomic E-state index is -2.88. The lowest BCUT2D eigenvalue weighted by Gasteiger charge is -2.18. The normalized spacial score (nSPS) is 10.8. The maximum atomic E-state index is 12.8. The van der Waals surface area contributed by atoms with Gasteiger partial charge >= 0.3 is 12.6 Å². The number of amides is 1. The van der Waals surface area contributed by atoms with Gasteiger partial charge in [0.2, 0.25) is 0 Å². The molecule has 0 spiro atoms. The average molecular weight is 443 g/mol. The molecule has 1 heterocycles. The summed E-state index contributed by atoms with van der Waals surface area (Å²) in [4.78, 5) is 26.3. The minimum Gasteiger partial charge on any atom is -0.462 e. The Balaban J connectivity index is 1.68. The molecule has 0 saturated heterocycles. The molecule has 1 amide bonds. The van der Waals surface area contributed by atoms with Crippen LogP contribution in [0.15, 0.2) is 54.7 Å². The van der Waals surface area contributed by atoms with Crippen LogP contribution in [0, 0.1) is 6.92 Å². The number of hydrogen-bond donors (Lipinski definition) is 0. The summed E-state index contributed by atoms with van der Waals surface area (Å²) in [7, 11) is 1.66. The van der Waals surface area contributed by atoms with Crippen molar-refractivity contribution >= 4 is 11.9 Å². The second-order valence-corrected chi connectivity index (χ2v) is 7.01. The largest absolute Gasteiger partial charge is 0.462 e. The molecular weight excluding hydrogens is 420 g/mol. The number of esters is 1. The van der Waals surface area contributed by atoms with E-state index >= 15 is 0 Å². The molecule has 0 N–H and O–H groups in total.